The second-order valence-corrected chi connectivity index (χ2v) is 6.51. The topological polar surface area (TPSA) is 80.7 Å². The van der Waals surface area contributed by atoms with Gasteiger partial charge in [0.05, 0.1) is 31.2 Å². The van der Waals surface area contributed by atoms with Gasteiger partial charge in [-0.2, -0.15) is 5.10 Å². The maximum absolute atomic E-state index is 12.9. The van der Waals surface area contributed by atoms with Gasteiger partial charge in [-0.1, -0.05) is 0 Å². The molecule has 25 heavy (non-hydrogen) atoms. The lowest BCUT2D eigenvalue weighted by molar-refractivity contribution is 0.0295. The van der Waals surface area contributed by atoms with E-state index in [9.17, 15) is 4.79 Å². The molecule has 2 N–H and O–H groups in total. The summed E-state index contributed by atoms with van der Waals surface area (Å²) in [5.41, 5.74) is 1.16. The third-order valence-electron chi connectivity index (χ3n) is 4.40. The van der Waals surface area contributed by atoms with E-state index in [1.54, 1.807) is 15.8 Å². The monoisotopic (exact) mass is 367 g/mol. The molecule has 0 aromatic carbocycles. The van der Waals surface area contributed by atoms with Crippen LogP contribution in [0.15, 0.2) is 6.20 Å². The molecule has 3 heterocycles. The average molecular weight is 367 g/mol. The van der Waals surface area contributed by atoms with Crippen LogP contribution < -0.4 is 10.6 Å². The van der Waals surface area contributed by atoms with Gasteiger partial charge in [-0.15, -0.1) is 0 Å². The quantitative estimate of drug-likeness (QED) is 0.747. The lowest BCUT2D eigenvalue weighted by Gasteiger charge is -2.27. The summed E-state index contributed by atoms with van der Waals surface area (Å²) in [5.74, 6) is -0.0490. The van der Waals surface area contributed by atoms with Crippen molar-refractivity contribution in [3.05, 3.63) is 11.9 Å². The van der Waals surface area contributed by atoms with Crippen molar-refractivity contribution in [1.82, 2.24) is 20.0 Å². The van der Waals surface area contributed by atoms with Crippen molar-refractivity contribution in [3.8, 4) is 0 Å². The van der Waals surface area contributed by atoms with Gasteiger partial charge in [-0.25, -0.2) is 0 Å². The molecule has 2 fully saturated rings. The first-order valence-electron chi connectivity index (χ1n) is 8.78. The van der Waals surface area contributed by atoms with E-state index in [1.165, 1.54) is 0 Å². The fourth-order valence-corrected chi connectivity index (χ4v) is 3.23. The SMILES string of the molecule is CCn1ncc(NC(=S)NCC2CCCO2)c1C(=O)N1CCOCC1. The van der Waals surface area contributed by atoms with Crippen molar-refractivity contribution in [1.29, 1.82) is 0 Å². The summed E-state index contributed by atoms with van der Waals surface area (Å²) in [6.45, 7) is 6.37. The summed E-state index contributed by atoms with van der Waals surface area (Å²) in [6.07, 6.45) is 3.99. The Hall–Kier alpha value is -1.71. The Morgan fingerprint density at radius 3 is 2.88 bits per heavy atom. The number of carbonyl (C=O) groups excluding carboxylic acids is 1. The standard InChI is InChI=1S/C16H25N5O3S/c1-2-21-14(15(22)20-5-8-23-9-6-20)13(11-18-21)19-16(25)17-10-12-4-3-7-24-12/h11-12H,2-10H2,1H3,(H2,17,19,25). The molecule has 1 unspecified atom stereocenters. The Morgan fingerprint density at radius 2 is 2.20 bits per heavy atom. The molecule has 1 amide bonds. The number of hydrogen-bond acceptors (Lipinski definition) is 5. The summed E-state index contributed by atoms with van der Waals surface area (Å²) in [5, 5.41) is 11.1. The largest absolute Gasteiger partial charge is 0.378 e. The lowest BCUT2D eigenvalue weighted by Crippen LogP contribution is -2.42. The van der Waals surface area contributed by atoms with Crippen molar-refractivity contribution in [2.45, 2.75) is 32.4 Å². The molecule has 0 spiro atoms. The third-order valence-corrected chi connectivity index (χ3v) is 4.65. The number of thiocarbonyl (C=S) groups is 1. The second kappa shape index (κ2) is 8.59. The number of carbonyl (C=O) groups is 1. The molecule has 0 saturated carbocycles. The smallest absolute Gasteiger partial charge is 0.274 e. The average Bonchev–Trinajstić information content (AvgIpc) is 3.29. The van der Waals surface area contributed by atoms with Crippen molar-refractivity contribution in [3.63, 3.8) is 0 Å². The molecule has 2 aliphatic heterocycles. The van der Waals surface area contributed by atoms with Crippen LogP contribution in [-0.4, -0.2) is 71.3 Å². The van der Waals surface area contributed by atoms with Gasteiger partial charge in [0, 0.05) is 32.8 Å². The molecule has 3 rings (SSSR count). The van der Waals surface area contributed by atoms with Crippen molar-refractivity contribution >= 4 is 28.9 Å². The number of hydrogen-bond donors (Lipinski definition) is 2. The van der Waals surface area contributed by atoms with Gasteiger partial charge in [0.25, 0.3) is 5.91 Å². The van der Waals surface area contributed by atoms with Gasteiger partial charge >= 0.3 is 0 Å². The number of nitrogens with zero attached hydrogens (tertiary/aromatic N) is 3. The zero-order valence-corrected chi connectivity index (χ0v) is 15.3. The number of morpholine rings is 1. The minimum absolute atomic E-state index is 0.0490. The fourth-order valence-electron chi connectivity index (χ4n) is 3.04. The summed E-state index contributed by atoms with van der Waals surface area (Å²) >= 11 is 5.36. The van der Waals surface area contributed by atoms with Crippen LogP contribution in [-0.2, 0) is 16.0 Å². The van der Waals surface area contributed by atoms with E-state index in [4.69, 9.17) is 21.7 Å². The minimum atomic E-state index is -0.0490. The molecule has 1 aromatic heterocycles. The number of rotatable bonds is 5. The molecule has 138 valence electrons. The highest BCUT2D eigenvalue weighted by Crippen LogP contribution is 2.18. The van der Waals surface area contributed by atoms with E-state index in [-0.39, 0.29) is 12.0 Å². The first-order chi connectivity index (χ1) is 12.2. The molecule has 1 aromatic rings. The van der Waals surface area contributed by atoms with E-state index < -0.39 is 0 Å². The number of amides is 1. The highest BCUT2D eigenvalue weighted by atomic mass is 32.1. The van der Waals surface area contributed by atoms with Crippen LogP contribution in [0.4, 0.5) is 5.69 Å². The number of ether oxygens (including phenoxy) is 2. The minimum Gasteiger partial charge on any atom is -0.378 e. The van der Waals surface area contributed by atoms with Crippen LogP contribution in [0.2, 0.25) is 0 Å². The molecule has 1 atom stereocenters. The van der Waals surface area contributed by atoms with Crippen molar-refractivity contribution in [2.75, 3.05) is 44.8 Å². The Morgan fingerprint density at radius 1 is 1.40 bits per heavy atom. The molecule has 2 aliphatic rings. The van der Waals surface area contributed by atoms with Crippen LogP contribution in [0.3, 0.4) is 0 Å². The van der Waals surface area contributed by atoms with Crippen LogP contribution in [0.25, 0.3) is 0 Å². The molecule has 0 aliphatic carbocycles. The van der Waals surface area contributed by atoms with E-state index in [0.29, 0.717) is 55.9 Å². The predicted octanol–water partition coefficient (Wildman–Crippen LogP) is 0.841. The highest BCUT2D eigenvalue weighted by Gasteiger charge is 2.25. The maximum Gasteiger partial charge on any atom is 0.274 e. The zero-order chi connectivity index (χ0) is 17.6. The molecule has 0 bridgehead atoms. The fraction of sp³-hybridized carbons (Fsp3) is 0.688. The van der Waals surface area contributed by atoms with E-state index in [2.05, 4.69) is 15.7 Å². The first kappa shape index (κ1) is 18.1. The Labute approximate surface area is 152 Å². The first-order valence-corrected chi connectivity index (χ1v) is 9.19. The third kappa shape index (κ3) is 4.47. The molecule has 9 heteroatoms. The molecule has 2 saturated heterocycles. The van der Waals surface area contributed by atoms with Crippen LogP contribution in [0.1, 0.15) is 30.3 Å². The highest BCUT2D eigenvalue weighted by molar-refractivity contribution is 7.80. The Kier molecular flexibility index (Phi) is 6.22. The van der Waals surface area contributed by atoms with Crippen molar-refractivity contribution in [2.24, 2.45) is 0 Å². The molecule has 0 radical (unpaired) electrons. The number of nitrogens with one attached hydrogen (secondary N) is 2. The molecular weight excluding hydrogens is 342 g/mol. The number of aromatic nitrogens is 2. The van der Waals surface area contributed by atoms with Gasteiger partial charge in [0.15, 0.2) is 5.11 Å². The number of aryl methyl sites for hydroxylation is 1. The molecule has 8 nitrogen and oxygen atoms in total. The Balaban J connectivity index is 1.65. The zero-order valence-electron chi connectivity index (χ0n) is 14.5. The van der Waals surface area contributed by atoms with E-state index >= 15 is 0 Å². The van der Waals surface area contributed by atoms with Gasteiger partial charge in [0.2, 0.25) is 0 Å². The van der Waals surface area contributed by atoms with Gasteiger partial charge in [0.1, 0.15) is 5.69 Å². The van der Waals surface area contributed by atoms with E-state index in [1.807, 2.05) is 6.92 Å². The number of anilines is 1. The van der Waals surface area contributed by atoms with Crippen LogP contribution in [0, 0.1) is 0 Å². The normalized spacial score (nSPS) is 20.5. The van der Waals surface area contributed by atoms with Crippen LogP contribution in [0.5, 0.6) is 0 Å². The lowest BCUT2D eigenvalue weighted by atomic mass is 10.2. The summed E-state index contributed by atoms with van der Waals surface area (Å²) in [4.78, 5) is 14.7. The maximum atomic E-state index is 12.9. The van der Waals surface area contributed by atoms with Gasteiger partial charge < -0.3 is 25.0 Å². The van der Waals surface area contributed by atoms with Crippen molar-refractivity contribution < 1.29 is 14.3 Å². The van der Waals surface area contributed by atoms with Crippen LogP contribution >= 0.6 is 12.2 Å². The molecular formula is C16H25N5O3S. The second-order valence-electron chi connectivity index (χ2n) is 6.10. The summed E-state index contributed by atoms with van der Waals surface area (Å²) < 4.78 is 12.6. The summed E-state index contributed by atoms with van der Waals surface area (Å²) in [7, 11) is 0. The van der Waals surface area contributed by atoms with Gasteiger partial charge in [-0.05, 0) is 32.0 Å². The van der Waals surface area contributed by atoms with E-state index in [0.717, 1.165) is 19.4 Å². The predicted molar refractivity (Wildman–Crippen MR) is 97.8 cm³/mol. The Bertz CT molecular complexity index is 609. The van der Waals surface area contributed by atoms with Gasteiger partial charge in [-0.3, -0.25) is 9.48 Å². The summed E-state index contributed by atoms with van der Waals surface area (Å²) in [6, 6.07) is 0.